The molecule has 9 heteroatoms. The number of benzene rings is 1. The standard InChI is InChI=1S/C12H12Cl2N2O3S2/c13-10-4-7(16(18)19)3-9(11(10)14)12(17)15-5-8-6-20-1-2-21-8/h3-4,8H,1-2,5-6H2,(H,15,17). The summed E-state index contributed by atoms with van der Waals surface area (Å²) in [5, 5.41) is 14.0. The van der Waals surface area contributed by atoms with Gasteiger partial charge in [0.15, 0.2) is 0 Å². The van der Waals surface area contributed by atoms with Gasteiger partial charge in [-0.2, -0.15) is 23.5 Å². The maximum absolute atomic E-state index is 12.1. The van der Waals surface area contributed by atoms with E-state index in [-0.39, 0.29) is 21.3 Å². The highest BCUT2D eigenvalue weighted by Gasteiger charge is 2.21. The molecule has 114 valence electrons. The molecule has 0 radical (unpaired) electrons. The van der Waals surface area contributed by atoms with E-state index >= 15 is 0 Å². The van der Waals surface area contributed by atoms with Crippen molar-refractivity contribution in [2.45, 2.75) is 5.25 Å². The summed E-state index contributed by atoms with van der Waals surface area (Å²) >= 11 is 15.5. The molecule has 0 aliphatic carbocycles. The third-order valence-corrected chi connectivity index (χ3v) is 6.49. The molecule has 21 heavy (non-hydrogen) atoms. The smallest absolute Gasteiger partial charge is 0.271 e. The van der Waals surface area contributed by atoms with Crippen LogP contribution in [-0.4, -0.2) is 39.9 Å². The fraction of sp³-hybridized carbons (Fsp3) is 0.417. The number of hydrogen-bond acceptors (Lipinski definition) is 5. The summed E-state index contributed by atoms with van der Waals surface area (Å²) in [6.07, 6.45) is 0. The minimum Gasteiger partial charge on any atom is -0.351 e. The lowest BCUT2D eigenvalue weighted by Crippen LogP contribution is -2.33. The Morgan fingerprint density at radius 3 is 2.81 bits per heavy atom. The number of carbonyl (C=O) groups is 1. The quantitative estimate of drug-likeness (QED) is 0.652. The molecule has 2 rings (SSSR count). The Balaban J connectivity index is 2.09. The van der Waals surface area contributed by atoms with E-state index in [1.165, 1.54) is 0 Å². The van der Waals surface area contributed by atoms with Crippen LogP contribution in [0.2, 0.25) is 10.0 Å². The Bertz CT molecular complexity index is 566. The molecule has 1 atom stereocenters. The lowest BCUT2D eigenvalue weighted by molar-refractivity contribution is -0.384. The van der Waals surface area contributed by atoms with Crippen LogP contribution in [0.4, 0.5) is 5.69 Å². The Labute approximate surface area is 140 Å². The van der Waals surface area contributed by atoms with Gasteiger partial charge < -0.3 is 5.32 Å². The fourth-order valence-electron chi connectivity index (χ4n) is 1.80. The monoisotopic (exact) mass is 366 g/mol. The SMILES string of the molecule is O=C(NCC1CSCCS1)c1cc([N+](=O)[O-])cc(Cl)c1Cl. The number of nitrogens with one attached hydrogen (secondary N) is 1. The van der Waals surface area contributed by atoms with E-state index < -0.39 is 10.8 Å². The number of halogens is 2. The van der Waals surface area contributed by atoms with Crippen molar-refractivity contribution >= 4 is 58.3 Å². The van der Waals surface area contributed by atoms with E-state index in [1.807, 2.05) is 23.5 Å². The molecule has 1 amide bonds. The molecule has 1 fully saturated rings. The van der Waals surface area contributed by atoms with E-state index in [4.69, 9.17) is 23.2 Å². The molecule has 5 nitrogen and oxygen atoms in total. The van der Waals surface area contributed by atoms with E-state index in [0.717, 1.165) is 29.4 Å². The first-order valence-corrected chi connectivity index (χ1v) is 9.06. The van der Waals surface area contributed by atoms with Crippen LogP contribution >= 0.6 is 46.7 Å². The van der Waals surface area contributed by atoms with Gasteiger partial charge in [0.2, 0.25) is 0 Å². The van der Waals surface area contributed by atoms with Gasteiger partial charge in [0, 0.05) is 41.2 Å². The number of rotatable bonds is 4. The van der Waals surface area contributed by atoms with Gasteiger partial charge in [-0.15, -0.1) is 0 Å². The maximum atomic E-state index is 12.1. The van der Waals surface area contributed by atoms with Gasteiger partial charge in [0.1, 0.15) is 0 Å². The van der Waals surface area contributed by atoms with Crippen LogP contribution in [-0.2, 0) is 0 Å². The molecular formula is C12H12Cl2N2O3S2. The van der Waals surface area contributed by atoms with Gasteiger partial charge in [0.25, 0.3) is 11.6 Å². The zero-order valence-corrected chi connectivity index (χ0v) is 13.9. The van der Waals surface area contributed by atoms with Gasteiger partial charge in [-0.1, -0.05) is 23.2 Å². The summed E-state index contributed by atoms with van der Waals surface area (Å²) in [5.41, 5.74) is -0.221. The Kier molecular flexibility index (Phi) is 6.04. The summed E-state index contributed by atoms with van der Waals surface area (Å²) < 4.78 is 0. The van der Waals surface area contributed by atoms with Crippen LogP contribution in [0.15, 0.2) is 12.1 Å². The highest BCUT2D eigenvalue weighted by Crippen LogP contribution is 2.31. The number of amides is 1. The lowest BCUT2D eigenvalue weighted by atomic mass is 10.2. The molecule has 1 heterocycles. The van der Waals surface area contributed by atoms with E-state index in [1.54, 1.807) is 0 Å². The first kappa shape index (κ1) is 16.7. The van der Waals surface area contributed by atoms with Crippen LogP contribution < -0.4 is 5.32 Å². The molecule has 1 unspecified atom stereocenters. The maximum Gasteiger partial charge on any atom is 0.271 e. The third-order valence-electron chi connectivity index (χ3n) is 2.84. The Hall–Kier alpha value is -0.630. The van der Waals surface area contributed by atoms with Crippen molar-refractivity contribution in [3.63, 3.8) is 0 Å². The highest BCUT2D eigenvalue weighted by atomic mass is 35.5. The number of nitro groups is 1. The largest absolute Gasteiger partial charge is 0.351 e. The minimum atomic E-state index is -0.605. The van der Waals surface area contributed by atoms with Gasteiger partial charge in [0.05, 0.1) is 20.5 Å². The molecule has 0 saturated carbocycles. The second-order valence-corrected chi connectivity index (χ2v) is 7.67. The second-order valence-electron chi connectivity index (χ2n) is 4.32. The molecule has 1 saturated heterocycles. The van der Waals surface area contributed by atoms with Crippen molar-refractivity contribution in [3.8, 4) is 0 Å². The number of non-ortho nitro benzene ring substituents is 1. The summed E-state index contributed by atoms with van der Waals surface area (Å²) in [6, 6.07) is 2.28. The Morgan fingerprint density at radius 1 is 1.43 bits per heavy atom. The molecule has 1 aromatic rings. The zero-order chi connectivity index (χ0) is 15.4. The summed E-state index contributed by atoms with van der Waals surface area (Å²) in [7, 11) is 0. The molecule has 1 N–H and O–H groups in total. The predicted molar refractivity (Wildman–Crippen MR) is 89.0 cm³/mol. The van der Waals surface area contributed by atoms with Crippen LogP contribution in [0.5, 0.6) is 0 Å². The summed E-state index contributed by atoms with van der Waals surface area (Å²) in [5.74, 6) is 2.73. The van der Waals surface area contributed by atoms with Crippen molar-refractivity contribution in [1.29, 1.82) is 0 Å². The topological polar surface area (TPSA) is 72.2 Å². The van der Waals surface area contributed by atoms with Crippen molar-refractivity contribution in [3.05, 3.63) is 37.9 Å². The molecule has 1 aliphatic heterocycles. The van der Waals surface area contributed by atoms with Gasteiger partial charge in [-0.05, 0) is 0 Å². The van der Waals surface area contributed by atoms with Gasteiger partial charge >= 0.3 is 0 Å². The van der Waals surface area contributed by atoms with Gasteiger partial charge in [-0.3, -0.25) is 14.9 Å². The summed E-state index contributed by atoms with van der Waals surface area (Å²) in [6.45, 7) is 0.507. The fourth-order valence-corrected chi connectivity index (χ4v) is 4.82. The molecule has 1 aromatic carbocycles. The molecule has 0 aromatic heterocycles. The normalized spacial score (nSPS) is 18.3. The van der Waals surface area contributed by atoms with Crippen LogP contribution in [0.1, 0.15) is 10.4 Å². The van der Waals surface area contributed by atoms with Crippen LogP contribution in [0, 0.1) is 10.1 Å². The number of nitro benzene ring substituents is 1. The zero-order valence-electron chi connectivity index (χ0n) is 10.8. The average molecular weight is 367 g/mol. The minimum absolute atomic E-state index is 0.00128. The Morgan fingerprint density at radius 2 is 2.19 bits per heavy atom. The van der Waals surface area contributed by atoms with E-state index in [2.05, 4.69) is 5.32 Å². The molecule has 1 aliphatic rings. The number of thioether (sulfide) groups is 2. The van der Waals surface area contributed by atoms with Crippen molar-refractivity contribution < 1.29 is 9.72 Å². The molecule has 0 bridgehead atoms. The van der Waals surface area contributed by atoms with E-state index in [9.17, 15) is 14.9 Å². The number of nitrogens with zero attached hydrogens (tertiary/aromatic N) is 1. The van der Waals surface area contributed by atoms with E-state index in [0.29, 0.717) is 11.8 Å². The van der Waals surface area contributed by atoms with Crippen LogP contribution in [0.25, 0.3) is 0 Å². The lowest BCUT2D eigenvalue weighted by Gasteiger charge is -2.21. The third kappa shape index (κ3) is 4.42. The number of carbonyl (C=O) groups excluding carboxylic acids is 1. The van der Waals surface area contributed by atoms with Crippen molar-refractivity contribution in [2.24, 2.45) is 0 Å². The first-order chi connectivity index (χ1) is 9.99. The molecule has 0 spiro atoms. The van der Waals surface area contributed by atoms with Crippen molar-refractivity contribution in [1.82, 2.24) is 5.32 Å². The van der Waals surface area contributed by atoms with Gasteiger partial charge in [-0.25, -0.2) is 0 Å². The first-order valence-electron chi connectivity index (χ1n) is 6.10. The second kappa shape index (κ2) is 7.58. The summed E-state index contributed by atoms with van der Waals surface area (Å²) in [4.78, 5) is 22.3. The highest BCUT2D eigenvalue weighted by molar-refractivity contribution is 8.06. The predicted octanol–water partition coefficient (Wildman–Crippen LogP) is 3.48. The van der Waals surface area contributed by atoms with Crippen molar-refractivity contribution in [2.75, 3.05) is 23.8 Å². The average Bonchev–Trinajstić information content (AvgIpc) is 2.48. The van der Waals surface area contributed by atoms with Crippen LogP contribution in [0.3, 0.4) is 0 Å². The molecular weight excluding hydrogens is 355 g/mol. The number of hydrogen-bond donors (Lipinski definition) is 1.